The largest absolute Gasteiger partial charge is 0.318 e. The van der Waals surface area contributed by atoms with Crippen LogP contribution in [0.5, 0.6) is 0 Å². The highest BCUT2D eigenvalue weighted by atomic mass is 79.9. The van der Waals surface area contributed by atoms with E-state index in [1.807, 2.05) is 6.92 Å². The first-order chi connectivity index (χ1) is 8.56. The summed E-state index contributed by atoms with van der Waals surface area (Å²) in [4.78, 5) is 19.9. The molecule has 0 bridgehead atoms. The Labute approximate surface area is 118 Å². The summed E-state index contributed by atoms with van der Waals surface area (Å²) in [6.45, 7) is 1.87. The van der Waals surface area contributed by atoms with Crippen molar-refractivity contribution in [2.45, 2.75) is 6.92 Å². The van der Waals surface area contributed by atoms with Crippen molar-refractivity contribution in [2.24, 2.45) is 0 Å². The fourth-order valence-electron chi connectivity index (χ4n) is 1.34. The van der Waals surface area contributed by atoms with Crippen molar-refractivity contribution in [1.82, 2.24) is 9.97 Å². The third kappa shape index (κ3) is 3.05. The van der Waals surface area contributed by atoms with Crippen molar-refractivity contribution in [3.05, 3.63) is 51.5 Å². The minimum absolute atomic E-state index is 0.256. The van der Waals surface area contributed by atoms with Gasteiger partial charge >= 0.3 is 0 Å². The van der Waals surface area contributed by atoms with Crippen LogP contribution in [0.1, 0.15) is 16.1 Å². The molecule has 6 heteroatoms. The van der Waals surface area contributed by atoms with Crippen LogP contribution in [0.4, 0.5) is 5.69 Å². The van der Waals surface area contributed by atoms with E-state index in [-0.39, 0.29) is 11.1 Å². The molecule has 0 saturated carbocycles. The first-order valence-electron chi connectivity index (χ1n) is 5.11. The van der Waals surface area contributed by atoms with Crippen LogP contribution in [0.3, 0.4) is 0 Å². The molecule has 18 heavy (non-hydrogen) atoms. The summed E-state index contributed by atoms with van der Waals surface area (Å²) in [5.41, 5.74) is 1.71. The Kier molecular flexibility index (Phi) is 3.93. The highest BCUT2D eigenvalue weighted by Gasteiger charge is 2.10. The van der Waals surface area contributed by atoms with Crippen LogP contribution >= 0.6 is 27.5 Å². The molecule has 0 saturated heterocycles. The van der Waals surface area contributed by atoms with Gasteiger partial charge < -0.3 is 5.32 Å². The fourth-order valence-corrected chi connectivity index (χ4v) is 1.72. The molecule has 0 fully saturated rings. The van der Waals surface area contributed by atoms with E-state index in [0.717, 1.165) is 10.0 Å². The van der Waals surface area contributed by atoms with Gasteiger partial charge in [0.15, 0.2) is 5.15 Å². The lowest BCUT2D eigenvalue weighted by Gasteiger charge is -2.06. The number of amides is 1. The van der Waals surface area contributed by atoms with Crippen molar-refractivity contribution in [3.8, 4) is 0 Å². The molecule has 4 nitrogen and oxygen atoms in total. The van der Waals surface area contributed by atoms with E-state index in [1.165, 1.54) is 0 Å². The van der Waals surface area contributed by atoms with Gasteiger partial charge in [0.25, 0.3) is 5.91 Å². The van der Waals surface area contributed by atoms with E-state index in [0.29, 0.717) is 11.4 Å². The average Bonchev–Trinajstić information content (AvgIpc) is 2.34. The van der Waals surface area contributed by atoms with Crippen LogP contribution < -0.4 is 5.32 Å². The van der Waals surface area contributed by atoms with E-state index in [1.54, 1.807) is 30.6 Å². The molecule has 1 N–H and O–H groups in total. The molecule has 2 aromatic rings. The lowest BCUT2D eigenvalue weighted by molar-refractivity contribution is 0.102. The molecule has 2 rings (SSSR count). The lowest BCUT2D eigenvalue weighted by atomic mass is 10.3. The summed E-state index contributed by atoms with van der Waals surface area (Å²) in [6, 6.07) is 5.13. The van der Waals surface area contributed by atoms with Crippen molar-refractivity contribution in [3.63, 3.8) is 0 Å². The quantitative estimate of drug-likeness (QED) is 0.860. The SMILES string of the molecule is Cc1cnc(Cl)c(NC(=O)c2ccc(Br)cn2)c1. The highest BCUT2D eigenvalue weighted by molar-refractivity contribution is 9.10. The Morgan fingerprint density at radius 1 is 1.33 bits per heavy atom. The summed E-state index contributed by atoms with van der Waals surface area (Å²) in [7, 11) is 0. The summed E-state index contributed by atoms with van der Waals surface area (Å²) < 4.78 is 0.814. The van der Waals surface area contributed by atoms with Crippen molar-refractivity contribution < 1.29 is 4.79 Å². The third-order valence-corrected chi connectivity index (χ3v) is 2.95. The minimum atomic E-state index is -0.322. The van der Waals surface area contributed by atoms with E-state index in [2.05, 4.69) is 31.2 Å². The molecule has 1 amide bonds. The number of carbonyl (C=O) groups is 1. The molecular weight excluding hydrogens is 318 g/mol. The predicted molar refractivity (Wildman–Crippen MR) is 73.9 cm³/mol. The zero-order chi connectivity index (χ0) is 13.1. The van der Waals surface area contributed by atoms with Crippen molar-refractivity contribution in [1.29, 1.82) is 0 Å². The smallest absolute Gasteiger partial charge is 0.274 e. The summed E-state index contributed by atoms with van der Waals surface area (Å²) in [5, 5.41) is 2.93. The van der Waals surface area contributed by atoms with Crippen molar-refractivity contribution in [2.75, 3.05) is 5.32 Å². The van der Waals surface area contributed by atoms with Crippen LogP contribution in [0.25, 0.3) is 0 Å². The second-order valence-electron chi connectivity index (χ2n) is 3.67. The number of nitrogens with zero attached hydrogens (tertiary/aromatic N) is 2. The summed E-state index contributed by atoms with van der Waals surface area (Å²) in [6.07, 6.45) is 3.20. The second-order valence-corrected chi connectivity index (χ2v) is 4.94. The first-order valence-corrected chi connectivity index (χ1v) is 6.28. The van der Waals surface area contributed by atoms with Gasteiger partial charge in [-0.15, -0.1) is 0 Å². The predicted octanol–water partition coefficient (Wildman–Crippen LogP) is 3.45. The van der Waals surface area contributed by atoms with E-state index < -0.39 is 0 Å². The maximum atomic E-state index is 11.9. The summed E-state index contributed by atoms with van der Waals surface area (Å²) in [5.74, 6) is -0.322. The molecule has 2 aromatic heterocycles. The molecule has 0 unspecified atom stereocenters. The van der Waals surface area contributed by atoms with Gasteiger partial charge in [-0.1, -0.05) is 11.6 Å². The van der Waals surface area contributed by atoms with Gasteiger partial charge in [0, 0.05) is 16.9 Å². The number of carbonyl (C=O) groups excluding carboxylic acids is 1. The Morgan fingerprint density at radius 3 is 2.78 bits per heavy atom. The molecule has 2 heterocycles. The Bertz CT molecular complexity index is 586. The molecule has 0 atom stereocenters. The van der Waals surface area contributed by atoms with Gasteiger partial charge in [-0.2, -0.15) is 0 Å². The zero-order valence-corrected chi connectivity index (χ0v) is 11.8. The van der Waals surface area contributed by atoms with Crippen LogP contribution in [0.15, 0.2) is 35.1 Å². The number of nitrogens with one attached hydrogen (secondary N) is 1. The Hall–Kier alpha value is -1.46. The molecule has 92 valence electrons. The average molecular weight is 327 g/mol. The van der Waals surface area contributed by atoms with E-state index >= 15 is 0 Å². The Morgan fingerprint density at radius 2 is 2.11 bits per heavy atom. The summed E-state index contributed by atoms with van der Waals surface area (Å²) >= 11 is 9.16. The number of hydrogen-bond donors (Lipinski definition) is 1. The number of aromatic nitrogens is 2. The number of rotatable bonds is 2. The van der Waals surface area contributed by atoms with E-state index in [9.17, 15) is 4.79 Å². The van der Waals surface area contributed by atoms with Crippen LogP contribution in [0, 0.1) is 6.92 Å². The van der Waals surface area contributed by atoms with Gasteiger partial charge in [-0.05, 0) is 46.6 Å². The minimum Gasteiger partial charge on any atom is -0.318 e. The highest BCUT2D eigenvalue weighted by Crippen LogP contribution is 2.20. The molecule has 0 spiro atoms. The van der Waals surface area contributed by atoms with Crippen LogP contribution in [0.2, 0.25) is 5.15 Å². The standard InChI is InChI=1S/C12H9BrClN3O/c1-7-4-10(11(14)16-5-7)17-12(18)9-3-2-8(13)6-15-9/h2-6H,1H3,(H,17,18). The maximum Gasteiger partial charge on any atom is 0.274 e. The van der Waals surface area contributed by atoms with E-state index in [4.69, 9.17) is 11.6 Å². The maximum absolute atomic E-state index is 11.9. The normalized spacial score (nSPS) is 10.2. The number of hydrogen-bond acceptors (Lipinski definition) is 3. The number of pyridine rings is 2. The van der Waals surface area contributed by atoms with Gasteiger partial charge in [-0.3, -0.25) is 4.79 Å². The number of halogens is 2. The molecule has 0 aliphatic rings. The molecule has 0 aliphatic carbocycles. The second kappa shape index (κ2) is 5.46. The molecular formula is C12H9BrClN3O. The van der Waals surface area contributed by atoms with Gasteiger partial charge in [0.05, 0.1) is 5.69 Å². The third-order valence-electron chi connectivity index (χ3n) is 2.18. The number of aryl methyl sites for hydroxylation is 1. The Balaban J connectivity index is 2.21. The number of anilines is 1. The van der Waals surface area contributed by atoms with Crippen LogP contribution in [-0.2, 0) is 0 Å². The molecule has 0 radical (unpaired) electrons. The molecule has 0 aromatic carbocycles. The van der Waals surface area contributed by atoms with Gasteiger partial charge in [-0.25, -0.2) is 9.97 Å². The van der Waals surface area contributed by atoms with Gasteiger partial charge in [0.1, 0.15) is 5.69 Å². The topological polar surface area (TPSA) is 54.9 Å². The first kappa shape index (κ1) is 13.0. The fraction of sp³-hybridized carbons (Fsp3) is 0.0833. The monoisotopic (exact) mass is 325 g/mol. The van der Waals surface area contributed by atoms with Crippen LogP contribution in [-0.4, -0.2) is 15.9 Å². The zero-order valence-electron chi connectivity index (χ0n) is 9.45. The van der Waals surface area contributed by atoms with Gasteiger partial charge in [0.2, 0.25) is 0 Å². The lowest BCUT2D eigenvalue weighted by Crippen LogP contribution is -2.14. The van der Waals surface area contributed by atoms with Crippen molar-refractivity contribution >= 4 is 39.1 Å². The molecule has 0 aliphatic heterocycles.